The van der Waals surface area contributed by atoms with Crippen molar-refractivity contribution in [1.82, 2.24) is 0 Å². The average molecular weight is 473 g/mol. The minimum Gasteiger partial charge on any atom is -0.322 e. The molecule has 1 fully saturated rings. The van der Waals surface area contributed by atoms with Crippen LogP contribution in [0.3, 0.4) is 0 Å². The molecule has 4 nitrogen and oxygen atoms in total. The van der Waals surface area contributed by atoms with Crippen molar-refractivity contribution in [3.63, 3.8) is 0 Å². The van der Waals surface area contributed by atoms with Crippen molar-refractivity contribution in [2.75, 3.05) is 16.0 Å². The summed E-state index contributed by atoms with van der Waals surface area (Å²) in [6, 6.07) is 23.8. The summed E-state index contributed by atoms with van der Waals surface area (Å²) < 4.78 is 0. The lowest BCUT2D eigenvalue weighted by Crippen LogP contribution is -2.28. The lowest BCUT2D eigenvalue weighted by molar-refractivity contribution is -0.115. The molecule has 3 aromatic rings. The van der Waals surface area contributed by atoms with E-state index in [0.29, 0.717) is 11.3 Å². The number of rotatable bonds is 6. The second-order valence-corrected chi connectivity index (χ2v) is 10.8. The monoisotopic (exact) mass is 472 g/mol. The number of aryl methyl sites for hydroxylation is 1. The molecule has 3 aromatic carbocycles. The fraction of sp³-hybridized carbons (Fsp3) is 0.310. The summed E-state index contributed by atoms with van der Waals surface area (Å²) in [5.74, 6) is 0.470. The Morgan fingerprint density at radius 1 is 1.00 bits per heavy atom. The highest BCUT2D eigenvalue weighted by molar-refractivity contribution is 8.00. The number of hydrogen-bond acceptors (Lipinski definition) is 3. The van der Waals surface area contributed by atoms with E-state index < -0.39 is 0 Å². The van der Waals surface area contributed by atoms with Gasteiger partial charge in [0, 0.05) is 16.9 Å². The van der Waals surface area contributed by atoms with E-state index in [1.807, 2.05) is 71.6 Å². The fourth-order valence-corrected chi connectivity index (χ4v) is 5.38. The molecule has 1 unspecified atom stereocenters. The van der Waals surface area contributed by atoms with Crippen LogP contribution in [0.1, 0.15) is 66.5 Å². The van der Waals surface area contributed by atoms with E-state index in [-0.39, 0.29) is 22.6 Å². The first kappa shape index (κ1) is 24.1. The number of amides is 2. The number of carbonyl (C=O) groups is 2. The lowest BCUT2D eigenvalue weighted by atomic mass is 9.87. The van der Waals surface area contributed by atoms with Crippen molar-refractivity contribution in [3.8, 4) is 0 Å². The zero-order valence-electron chi connectivity index (χ0n) is 20.3. The second-order valence-electron chi connectivity index (χ2n) is 9.71. The van der Waals surface area contributed by atoms with Crippen LogP contribution in [0.4, 0.5) is 11.4 Å². The molecule has 4 rings (SSSR count). The molecule has 34 heavy (non-hydrogen) atoms. The van der Waals surface area contributed by atoms with E-state index in [2.05, 4.69) is 39.1 Å². The van der Waals surface area contributed by atoms with Gasteiger partial charge in [-0.15, -0.1) is 11.8 Å². The van der Waals surface area contributed by atoms with Gasteiger partial charge in [-0.2, -0.15) is 0 Å². The van der Waals surface area contributed by atoms with Gasteiger partial charge in [-0.25, -0.2) is 0 Å². The number of anilines is 2. The van der Waals surface area contributed by atoms with Crippen molar-refractivity contribution in [3.05, 3.63) is 95.1 Å². The molecule has 0 saturated carbocycles. The van der Waals surface area contributed by atoms with Crippen molar-refractivity contribution in [1.29, 1.82) is 0 Å². The fourth-order valence-electron chi connectivity index (χ4n) is 4.21. The number of benzene rings is 3. The average Bonchev–Trinajstić information content (AvgIpc) is 3.21. The van der Waals surface area contributed by atoms with Gasteiger partial charge in [-0.3, -0.25) is 14.5 Å². The summed E-state index contributed by atoms with van der Waals surface area (Å²) in [6.07, 6.45) is 1.98. The molecule has 0 spiro atoms. The van der Waals surface area contributed by atoms with Gasteiger partial charge < -0.3 is 5.32 Å². The van der Waals surface area contributed by atoms with Crippen molar-refractivity contribution < 1.29 is 9.59 Å². The lowest BCUT2D eigenvalue weighted by Gasteiger charge is -2.26. The molecule has 0 aliphatic carbocycles. The molecular weight excluding hydrogens is 440 g/mol. The van der Waals surface area contributed by atoms with Gasteiger partial charge in [0.2, 0.25) is 5.91 Å². The number of thioether (sulfide) groups is 1. The Morgan fingerprint density at radius 3 is 2.32 bits per heavy atom. The van der Waals surface area contributed by atoms with Crippen LogP contribution in [-0.4, -0.2) is 17.6 Å². The van der Waals surface area contributed by atoms with Crippen molar-refractivity contribution in [2.24, 2.45) is 0 Å². The normalized spacial score (nSPS) is 16.1. The molecule has 1 atom stereocenters. The Labute approximate surface area is 206 Å². The third-order valence-electron chi connectivity index (χ3n) is 6.11. The molecule has 1 aliphatic rings. The maximum atomic E-state index is 12.8. The van der Waals surface area contributed by atoms with Crippen LogP contribution in [0, 0.1) is 0 Å². The SMILES string of the molecule is CCCc1ccccc1N1C(=O)CSC1c1ccc(NC(=O)c2ccc(C(C)(C)C)cc2)cc1. The molecule has 1 N–H and O–H groups in total. The Morgan fingerprint density at radius 2 is 1.68 bits per heavy atom. The highest BCUT2D eigenvalue weighted by Crippen LogP contribution is 2.43. The molecule has 176 valence electrons. The van der Waals surface area contributed by atoms with Gasteiger partial charge in [0.1, 0.15) is 5.37 Å². The van der Waals surface area contributed by atoms with Crippen molar-refractivity contribution in [2.45, 2.75) is 51.3 Å². The summed E-state index contributed by atoms with van der Waals surface area (Å²) in [4.78, 5) is 27.5. The van der Waals surface area contributed by atoms with Gasteiger partial charge in [-0.05, 0) is 58.9 Å². The highest BCUT2D eigenvalue weighted by Gasteiger charge is 2.35. The summed E-state index contributed by atoms with van der Waals surface area (Å²) >= 11 is 1.64. The van der Waals surface area contributed by atoms with E-state index in [0.717, 1.165) is 29.8 Å². The second kappa shape index (κ2) is 10.1. The summed E-state index contributed by atoms with van der Waals surface area (Å²) in [5.41, 5.74) is 5.87. The van der Waals surface area contributed by atoms with E-state index in [9.17, 15) is 9.59 Å². The molecule has 1 aliphatic heterocycles. The molecule has 1 saturated heterocycles. The Balaban J connectivity index is 1.50. The summed E-state index contributed by atoms with van der Waals surface area (Å²) in [7, 11) is 0. The van der Waals surface area contributed by atoms with Crippen LogP contribution in [0.2, 0.25) is 0 Å². The Bertz CT molecular complexity index is 1160. The Kier molecular flexibility index (Phi) is 7.13. The smallest absolute Gasteiger partial charge is 0.255 e. The summed E-state index contributed by atoms with van der Waals surface area (Å²) in [6.45, 7) is 8.62. The number of carbonyl (C=O) groups excluding carboxylic acids is 2. The highest BCUT2D eigenvalue weighted by atomic mass is 32.2. The molecule has 1 heterocycles. The topological polar surface area (TPSA) is 49.4 Å². The van der Waals surface area contributed by atoms with Crippen LogP contribution in [0.5, 0.6) is 0 Å². The van der Waals surface area contributed by atoms with E-state index >= 15 is 0 Å². The predicted molar refractivity (Wildman–Crippen MR) is 143 cm³/mol. The molecule has 0 aromatic heterocycles. The largest absolute Gasteiger partial charge is 0.322 e. The number of para-hydroxylation sites is 1. The minimum absolute atomic E-state index is 0.0510. The molecule has 0 radical (unpaired) electrons. The first-order chi connectivity index (χ1) is 16.3. The van der Waals surface area contributed by atoms with Crippen LogP contribution < -0.4 is 10.2 Å². The first-order valence-corrected chi connectivity index (χ1v) is 12.9. The molecule has 0 bridgehead atoms. The first-order valence-electron chi connectivity index (χ1n) is 11.8. The zero-order chi connectivity index (χ0) is 24.3. The standard InChI is InChI=1S/C29H32N2O2S/c1-5-8-20-9-6-7-10-25(20)31-26(32)19-34-28(31)22-13-17-24(18-14-22)30-27(33)21-11-15-23(16-12-21)29(2,3)4/h6-7,9-18,28H,5,8,19H2,1-4H3,(H,30,33). The van der Waals surface area contributed by atoms with Crippen LogP contribution >= 0.6 is 11.8 Å². The number of nitrogens with zero attached hydrogens (tertiary/aromatic N) is 1. The van der Waals surface area contributed by atoms with Gasteiger partial charge >= 0.3 is 0 Å². The van der Waals surface area contributed by atoms with Gasteiger partial charge in [0.05, 0.1) is 5.75 Å². The zero-order valence-corrected chi connectivity index (χ0v) is 21.1. The third-order valence-corrected chi connectivity index (χ3v) is 7.32. The molecular formula is C29H32N2O2S. The van der Waals surface area contributed by atoms with Crippen molar-refractivity contribution >= 4 is 35.0 Å². The van der Waals surface area contributed by atoms with Gasteiger partial charge in [0.15, 0.2) is 0 Å². The van der Waals surface area contributed by atoms with Crippen LogP contribution in [0.25, 0.3) is 0 Å². The third kappa shape index (κ3) is 5.20. The van der Waals surface area contributed by atoms with Crippen LogP contribution in [0.15, 0.2) is 72.8 Å². The quantitative estimate of drug-likeness (QED) is 0.421. The van der Waals surface area contributed by atoms with Gasteiger partial charge in [0.25, 0.3) is 5.91 Å². The van der Waals surface area contributed by atoms with Crippen LogP contribution in [-0.2, 0) is 16.6 Å². The molecule has 5 heteroatoms. The molecule has 2 amide bonds. The maximum Gasteiger partial charge on any atom is 0.255 e. The Hall–Kier alpha value is -3.05. The minimum atomic E-state index is -0.131. The van der Waals surface area contributed by atoms with E-state index in [1.54, 1.807) is 11.8 Å². The number of nitrogens with one attached hydrogen (secondary N) is 1. The van der Waals surface area contributed by atoms with Gasteiger partial charge in [-0.1, -0.05) is 76.6 Å². The number of hydrogen-bond donors (Lipinski definition) is 1. The maximum absolute atomic E-state index is 12.8. The summed E-state index contributed by atoms with van der Waals surface area (Å²) in [5, 5.41) is 2.92. The van der Waals surface area contributed by atoms with E-state index in [4.69, 9.17) is 0 Å². The predicted octanol–water partition coefficient (Wildman–Crippen LogP) is 6.97. The van der Waals surface area contributed by atoms with E-state index in [1.165, 1.54) is 11.1 Å².